The van der Waals surface area contributed by atoms with E-state index < -0.39 is 0 Å². The predicted octanol–water partition coefficient (Wildman–Crippen LogP) is 3.77. The fraction of sp³-hybridized carbons (Fsp3) is 0.294. The molecule has 4 nitrogen and oxygen atoms in total. The SMILES string of the molecule is CC(C)C(C)NC(=O)c1cccc(NC(=O)c2cccs2)c1. The predicted molar refractivity (Wildman–Crippen MR) is 90.5 cm³/mol. The molecule has 0 aliphatic rings. The van der Waals surface area contributed by atoms with Crippen molar-refractivity contribution in [3.8, 4) is 0 Å². The summed E-state index contributed by atoms with van der Waals surface area (Å²) in [4.78, 5) is 24.9. The van der Waals surface area contributed by atoms with E-state index >= 15 is 0 Å². The van der Waals surface area contributed by atoms with Gasteiger partial charge in [-0.3, -0.25) is 9.59 Å². The molecule has 1 heterocycles. The molecular formula is C17H20N2O2S. The van der Waals surface area contributed by atoms with E-state index in [1.54, 1.807) is 30.3 Å². The highest BCUT2D eigenvalue weighted by Gasteiger charge is 2.13. The summed E-state index contributed by atoms with van der Waals surface area (Å²) in [5.41, 5.74) is 1.15. The summed E-state index contributed by atoms with van der Waals surface area (Å²) in [5.74, 6) is 0.0715. The van der Waals surface area contributed by atoms with E-state index in [9.17, 15) is 9.59 Å². The zero-order chi connectivity index (χ0) is 16.1. The van der Waals surface area contributed by atoms with E-state index in [0.29, 0.717) is 22.0 Å². The fourth-order valence-corrected chi connectivity index (χ4v) is 2.41. The third-order valence-electron chi connectivity index (χ3n) is 3.49. The van der Waals surface area contributed by atoms with Gasteiger partial charge in [-0.2, -0.15) is 0 Å². The molecule has 5 heteroatoms. The number of hydrogen-bond acceptors (Lipinski definition) is 3. The highest BCUT2D eigenvalue weighted by molar-refractivity contribution is 7.12. The van der Waals surface area contributed by atoms with E-state index in [1.165, 1.54) is 11.3 Å². The lowest BCUT2D eigenvalue weighted by Gasteiger charge is -2.17. The molecule has 0 saturated heterocycles. The Bertz CT molecular complexity index is 650. The normalized spacial score (nSPS) is 12.0. The number of hydrogen-bond donors (Lipinski definition) is 2. The van der Waals surface area contributed by atoms with E-state index in [-0.39, 0.29) is 17.9 Å². The largest absolute Gasteiger partial charge is 0.349 e. The standard InChI is InChI=1S/C17H20N2O2S/c1-11(2)12(3)18-16(20)13-6-4-7-14(10-13)19-17(21)15-8-5-9-22-15/h4-12H,1-3H3,(H,18,20)(H,19,21). The van der Waals surface area contributed by atoms with Crippen LogP contribution in [0, 0.1) is 5.92 Å². The van der Waals surface area contributed by atoms with Crippen molar-refractivity contribution >= 4 is 28.8 Å². The van der Waals surface area contributed by atoms with Crippen molar-refractivity contribution in [1.82, 2.24) is 5.32 Å². The maximum absolute atomic E-state index is 12.2. The van der Waals surface area contributed by atoms with E-state index in [2.05, 4.69) is 24.5 Å². The number of thiophene rings is 1. The number of anilines is 1. The van der Waals surface area contributed by atoms with Crippen LogP contribution in [0.3, 0.4) is 0 Å². The van der Waals surface area contributed by atoms with Gasteiger partial charge >= 0.3 is 0 Å². The molecule has 116 valence electrons. The van der Waals surface area contributed by atoms with E-state index in [0.717, 1.165) is 0 Å². The summed E-state index contributed by atoms with van der Waals surface area (Å²) >= 11 is 1.38. The first-order valence-corrected chi connectivity index (χ1v) is 8.11. The van der Waals surface area contributed by atoms with Crippen LogP contribution >= 0.6 is 11.3 Å². The Balaban J connectivity index is 2.06. The number of nitrogens with one attached hydrogen (secondary N) is 2. The van der Waals surface area contributed by atoms with Crippen molar-refractivity contribution in [2.45, 2.75) is 26.8 Å². The van der Waals surface area contributed by atoms with Gasteiger partial charge in [-0.1, -0.05) is 26.0 Å². The third-order valence-corrected chi connectivity index (χ3v) is 4.35. The first kappa shape index (κ1) is 16.2. The van der Waals surface area contributed by atoms with Gasteiger partial charge < -0.3 is 10.6 Å². The summed E-state index contributed by atoms with van der Waals surface area (Å²) in [6.45, 7) is 6.09. The summed E-state index contributed by atoms with van der Waals surface area (Å²) in [6, 6.07) is 10.7. The molecule has 0 spiro atoms. The lowest BCUT2D eigenvalue weighted by molar-refractivity contribution is 0.0929. The average molecular weight is 316 g/mol. The third kappa shape index (κ3) is 4.18. The van der Waals surface area contributed by atoms with Crippen molar-refractivity contribution in [2.24, 2.45) is 5.92 Å². The van der Waals surface area contributed by atoms with Crippen molar-refractivity contribution in [3.05, 3.63) is 52.2 Å². The molecule has 0 saturated carbocycles. The highest BCUT2D eigenvalue weighted by atomic mass is 32.1. The van der Waals surface area contributed by atoms with Crippen LogP contribution in [0.1, 0.15) is 40.8 Å². The highest BCUT2D eigenvalue weighted by Crippen LogP contribution is 2.15. The fourth-order valence-electron chi connectivity index (χ4n) is 1.80. The van der Waals surface area contributed by atoms with Crippen LogP contribution in [0.4, 0.5) is 5.69 Å². The molecule has 0 aliphatic carbocycles. The molecule has 1 aromatic carbocycles. The van der Waals surface area contributed by atoms with Crippen molar-refractivity contribution in [1.29, 1.82) is 0 Å². The molecule has 1 atom stereocenters. The maximum Gasteiger partial charge on any atom is 0.265 e. The second-order valence-electron chi connectivity index (χ2n) is 5.52. The summed E-state index contributed by atoms with van der Waals surface area (Å²) in [5, 5.41) is 7.61. The van der Waals surface area contributed by atoms with Crippen LogP contribution in [0.25, 0.3) is 0 Å². The van der Waals surface area contributed by atoms with Gasteiger partial charge in [0.25, 0.3) is 11.8 Å². The smallest absolute Gasteiger partial charge is 0.265 e. The molecule has 1 aromatic heterocycles. The Labute approximate surface area is 134 Å². The zero-order valence-corrected chi connectivity index (χ0v) is 13.7. The van der Waals surface area contributed by atoms with Crippen LogP contribution < -0.4 is 10.6 Å². The van der Waals surface area contributed by atoms with Crippen LogP contribution in [-0.4, -0.2) is 17.9 Å². The molecule has 0 fully saturated rings. The summed E-state index contributed by atoms with van der Waals surface area (Å²) < 4.78 is 0. The first-order chi connectivity index (χ1) is 10.5. The van der Waals surface area contributed by atoms with Gasteiger partial charge in [0.15, 0.2) is 0 Å². The van der Waals surface area contributed by atoms with Crippen LogP contribution in [0.2, 0.25) is 0 Å². The van der Waals surface area contributed by atoms with E-state index in [4.69, 9.17) is 0 Å². The van der Waals surface area contributed by atoms with Crippen LogP contribution in [0.15, 0.2) is 41.8 Å². The van der Waals surface area contributed by atoms with Gasteiger partial charge in [0, 0.05) is 17.3 Å². The number of carbonyl (C=O) groups excluding carboxylic acids is 2. The molecule has 0 bridgehead atoms. The first-order valence-electron chi connectivity index (χ1n) is 7.23. The van der Waals surface area contributed by atoms with Gasteiger partial charge in [-0.15, -0.1) is 11.3 Å². The Hall–Kier alpha value is -2.14. The van der Waals surface area contributed by atoms with E-state index in [1.807, 2.05) is 18.4 Å². The Morgan fingerprint density at radius 3 is 2.45 bits per heavy atom. The Morgan fingerprint density at radius 1 is 1.05 bits per heavy atom. The van der Waals surface area contributed by atoms with Crippen molar-refractivity contribution < 1.29 is 9.59 Å². The number of benzene rings is 1. The number of rotatable bonds is 5. The lowest BCUT2D eigenvalue weighted by Crippen LogP contribution is -2.36. The van der Waals surface area contributed by atoms with Gasteiger partial charge in [0.2, 0.25) is 0 Å². The maximum atomic E-state index is 12.2. The molecule has 1 unspecified atom stereocenters. The molecule has 2 N–H and O–H groups in total. The second kappa shape index (κ2) is 7.22. The summed E-state index contributed by atoms with van der Waals surface area (Å²) in [6.07, 6.45) is 0. The molecule has 0 aliphatic heterocycles. The minimum Gasteiger partial charge on any atom is -0.349 e. The molecule has 2 amide bonds. The van der Waals surface area contributed by atoms with Crippen LogP contribution in [-0.2, 0) is 0 Å². The minimum atomic E-state index is -0.164. The number of amides is 2. The van der Waals surface area contributed by atoms with Crippen LogP contribution in [0.5, 0.6) is 0 Å². The van der Waals surface area contributed by atoms with Gasteiger partial charge in [0.05, 0.1) is 4.88 Å². The molecular weight excluding hydrogens is 296 g/mol. The number of carbonyl (C=O) groups is 2. The zero-order valence-electron chi connectivity index (χ0n) is 12.9. The molecule has 0 radical (unpaired) electrons. The lowest BCUT2D eigenvalue weighted by atomic mass is 10.1. The van der Waals surface area contributed by atoms with Crippen molar-refractivity contribution in [3.63, 3.8) is 0 Å². The molecule has 2 rings (SSSR count). The summed E-state index contributed by atoms with van der Waals surface area (Å²) in [7, 11) is 0. The Kier molecular flexibility index (Phi) is 5.33. The topological polar surface area (TPSA) is 58.2 Å². The van der Waals surface area contributed by atoms with Gasteiger partial charge in [-0.25, -0.2) is 0 Å². The second-order valence-corrected chi connectivity index (χ2v) is 6.47. The monoisotopic (exact) mass is 316 g/mol. The minimum absolute atomic E-state index is 0.0943. The average Bonchev–Trinajstić information content (AvgIpc) is 3.01. The quantitative estimate of drug-likeness (QED) is 0.882. The van der Waals surface area contributed by atoms with Gasteiger partial charge in [-0.05, 0) is 42.5 Å². The van der Waals surface area contributed by atoms with Crippen molar-refractivity contribution in [2.75, 3.05) is 5.32 Å². The Morgan fingerprint density at radius 2 is 1.82 bits per heavy atom. The molecule has 2 aromatic rings. The van der Waals surface area contributed by atoms with Gasteiger partial charge in [0.1, 0.15) is 0 Å². The molecule has 22 heavy (non-hydrogen) atoms.